The van der Waals surface area contributed by atoms with E-state index < -0.39 is 16.1 Å². The average molecular weight is 383 g/mol. The zero-order chi connectivity index (χ0) is 14.9. The molecule has 1 fully saturated rings. The van der Waals surface area contributed by atoms with Gasteiger partial charge in [-0.15, -0.1) is 0 Å². The van der Waals surface area contributed by atoms with Gasteiger partial charge >= 0.3 is 0 Å². The van der Waals surface area contributed by atoms with Crippen LogP contribution in [-0.4, -0.2) is 25.5 Å². The molecule has 0 amide bonds. The van der Waals surface area contributed by atoms with Gasteiger partial charge in [0.2, 0.25) is 10.0 Å². The molecule has 1 atom stereocenters. The summed E-state index contributed by atoms with van der Waals surface area (Å²) in [5.74, 6) is -0.0980. The standard InChI is InChI=1S/C11H13BrClN3O3S/c12-7-3-4-9(8(13)5-7)20(18,19)16-10(6-1-2-6)11(14)15-17/h3-6,10,16-17H,1-2H2,(H2,14,15). The van der Waals surface area contributed by atoms with E-state index in [2.05, 4.69) is 25.8 Å². The van der Waals surface area contributed by atoms with Crippen molar-refractivity contribution in [3.05, 3.63) is 27.7 Å². The molecule has 9 heteroatoms. The van der Waals surface area contributed by atoms with Crippen LogP contribution in [0.5, 0.6) is 0 Å². The van der Waals surface area contributed by atoms with Gasteiger partial charge in [0.05, 0.1) is 11.1 Å². The minimum absolute atomic E-state index is 0.0428. The Labute approximate surface area is 130 Å². The number of sulfonamides is 1. The molecule has 0 aliphatic heterocycles. The van der Waals surface area contributed by atoms with E-state index in [0.29, 0.717) is 4.47 Å². The highest BCUT2D eigenvalue weighted by Gasteiger charge is 2.37. The van der Waals surface area contributed by atoms with Crippen molar-refractivity contribution in [2.75, 3.05) is 0 Å². The number of hydrogen-bond acceptors (Lipinski definition) is 4. The average Bonchev–Trinajstić information content (AvgIpc) is 3.18. The van der Waals surface area contributed by atoms with Crippen LogP contribution in [0.4, 0.5) is 0 Å². The topological polar surface area (TPSA) is 105 Å². The third-order valence-corrected chi connectivity index (χ3v) is 5.41. The number of benzene rings is 1. The van der Waals surface area contributed by atoms with E-state index in [1.807, 2.05) is 0 Å². The Kier molecular flexibility index (Phi) is 4.58. The van der Waals surface area contributed by atoms with E-state index in [-0.39, 0.29) is 21.7 Å². The second kappa shape index (κ2) is 5.88. The monoisotopic (exact) mass is 381 g/mol. The first-order valence-electron chi connectivity index (χ1n) is 5.80. The maximum Gasteiger partial charge on any atom is 0.242 e. The van der Waals surface area contributed by atoms with Crippen molar-refractivity contribution in [2.24, 2.45) is 16.8 Å². The minimum atomic E-state index is -3.84. The van der Waals surface area contributed by atoms with Gasteiger partial charge in [-0.2, -0.15) is 0 Å². The van der Waals surface area contributed by atoms with Crippen molar-refractivity contribution in [3.63, 3.8) is 0 Å². The highest BCUT2D eigenvalue weighted by molar-refractivity contribution is 9.10. The molecule has 0 aromatic heterocycles. The maximum absolute atomic E-state index is 12.3. The first-order chi connectivity index (χ1) is 9.35. The number of halogens is 2. The predicted octanol–water partition coefficient (Wildman–Crippen LogP) is 1.91. The largest absolute Gasteiger partial charge is 0.409 e. The fourth-order valence-corrected chi connectivity index (χ4v) is 4.13. The number of amidine groups is 1. The van der Waals surface area contributed by atoms with Crippen LogP contribution in [-0.2, 0) is 10.0 Å². The van der Waals surface area contributed by atoms with Crippen LogP contribution in [0.25, 0.3) is 0 Å². The van der Waals surface area contributed by atoms with E-state index in [1.165, 1.54) is 12.1 Å². The van der Waals surface area contributed by atoms with E-state index in [1.54, 1.807) is 6.07 Å². The number of nitrogens with two attached hydrogens (primary N) is 1. The predicted molar refractivity (Wildman–Crippen MR) is 79.4 cm³/mol. The number of rotatable bonds is 5. The van der Waals surface area contributed by atoms with E-state index >= 15 is 0 Å². The molecule has 4 N–H and O–H groups in total. The Morgan fingerprint density at radius 2 is 2.20 bits per heavy atom. The Morgan fingerprint density at radius 1 is 1.55 bits per heavy atom. The van der Waals surface area contributed by atoms with Crippen LogP contribution in [0.15, 0.2) is 32.7 Å². The fraction of sp³-hybridized carbons (Fsp3) is 0.364. The van der Waals surface area contributed by atoms with Crippen molar-refractivity contribution in [3.8, 4) is 0 Å². The molecule has 0 bridgehead atoms. The lowest BCUT2D eigenvalue weighted by molar-refractivity contribution is 0.314. The van der Waals surface area contributed by atoms with Crippen molar-refractivity contribution in [1.29, 1.82) is 0 Å². The van der Waals surface area contributed by atoms with Gasteiger partial charge < -0.3 is 10.9 Å². The van der Waals surface area contributed by atoms with Crippen LogP contribution in [0.3, 0.4) is 0 Å². The van der Waals surface area contributed by atoms with Gasteiger partial charge in [-0.25, -0.2) is 13.1 Å². The van der Waals surface area contributed by atoms with E-state index in [9.17, 15) is 8.42 Å². The highest BCUT2D eigenvalue weighted by atomic mass is 79.9. The van der Waals surface area contributed by atoms with Crippen LogP contribution < -0.4 is 10.5 Å². The summed E-state index contributed by atoms with van der Waals surface area (Å²) in [5, 5.41) is 11.7. The molecule has 1 unspecified atom stereocenters. The number of hydrogen-bond donors (Lipinski definition) is 3. The third kappa shape index (κ3) is 3.43. The molecule has 110 valence electrons. The summed E-state index contributed by atoms with van der Waals surface area (Å²) >= 11 is 9.16. The molecule has 2 rings (SSSR count). The molecule has 1 aliphatic carbocycles. The molecular formula is C11H13BrClN3O3S. The second-order valence-electron chi connectivity index (χ2n) is 4.54. The lowest BCUT2D eigenvalue weighted by Crippen LogP contribution is -2.46. The smallest absolute Gasteiger partial charge is 0.242 e. The molecule has 0 radical (unpaired) electrons. The number of nitrogens with one attached hydrogen (secondary N) is 1. The molecule has 1 saturated carbocycles. The van der Waals surface area contributed by atoms with Crippen LogP contribution in [0.2, 0.25) is 5.02 Å². The van der Waals surface area contributed by atoms with Crippen molar-refractivity contribution >= 4 is 43.4 Å². The summed E-state index contributed by atoms with van der Waals surface area (Å²) in [6.07, 6.45) is 1.66. The molecular weight excluding hydrogens is 370 g/mol. The fourth-order valence-electron chi connectivity index (χ4n) is 1.81. The van der Waals surface area contributed by atoms with Crippen molar-refractivity contribution in [1.82, 2.24) is 4.72 Å². The number of oxime groups is 1. The van der Waals surface area contributed by atoms with Gasteiger partial charge in [-0.05, 0) is 37.0 Å². The lowest BCUT2D eigenvalue weighted by atomic mass is 10.2. The quantitative estimate of drug-likeness (QED) is 0.313. The second-order valence-corrected chi connectivity index (χ2v) is 7.54. The Bertz CT molecular complexity index is 646. The summed E-state index contributed by atoms with van der Waals surface area (Å²) in [6.45, 7) is 0. The van der Waals surface area contributed by atoms with E-state index in [0.717, 1.165) is 12.8 Å². The third-order valence-electron chi connectivity index (χ3n) is 2.99. The molecule has 6 nitrogen and oxygen atoms in total. The minimum Gasteiger partial charge on any atom is -0.409 e. The van der Waals surface area contributed by atoms with Crippen molar-refractivity contribution < 1.29 is 13.6 Å². The summed E-state index contributed by atoms with van der Waals surface area (Å²) in [7, 11) is -3.84. The molecule has 1 aromatic rings. The van der Waals surface area contributed by atoms with Gasteiger partial charge in [0.15, 0.2) is 5.84 Å². The summed E-state index contributed by atoms with van der Waals surface area (Å²) < 4.78 is 27.8. The van der Waals surface area contributed by atoms with Crippen molar-refractivity contribution in [2.45, 2.75) is 23.8 Å². The Morgan fingerprint density at radius 3 is 2.70 bits per heavy atom. The normalized spacial score (nSPS) is 18.0. The molecule has 0 saturated heterocycles. The summed E-state index contributed by atoms with van der Waals surface area (Å²) in [5.41, 5.74) is 5.54. The Hall–Kier alpha value is -0.830. The maximum atomic E-state index is 12.3. The molecule has 0 heterocycles. The zero-order valence-corrected chi connectivity index (χ0v) is 13.4. The van der Waals surface area contributed by atoms with Gasteiger partial charge in [0.1, 0.15) is 4.90 Å². The van der Waals surface area contributed by atoms with Gasteiger partial charge in [0.25, 0.3) is 0 Å². The van der Waals surface area contributed by atoms with Crippen LogP contribution in [0, 0.1) is 5.92 Å². The molecule has 20 heavy (non-hydrogen) atoms. The molecule has 0 spiro atoms. The molecule has 1 aromatic carbocycles. The van der Waals surface area contributed by atoms with Crippen LogP contribution in [0.1, 0.15) is 12.8 Å². The first kappa shape index (κ1) is 15.6. The van der Waals surface area contributed by atoms with Gasteiger partial charge in [0, 0.05) is 4.47 Å². The zero-order valence-electron chi connectivity index (χ0n) is 10.3. The van der Waals surface area contributed by atoms with Gasteiger partial charge in [-0.1, -0.05) is 32.7 Å². The highest BCUT2D eigenvalue weighted by Crippen LogP contribution is 2.34. The van der Waals surface area contributed by atoms with E-state index in [4.69, 9.17) is 22.5 Å². The summed E-state index contributed by atoms with van der Waals surface area (Å²) in [6, 6.07) is 3.75. The Balaban J connectivity index is 2.30. The SMILES string of the molecule is NC(=NO)C(NS(=O)(=O)c1ccc(Br)cc1Cl)C1CC1. The molecule has 1 aliphatic rings. The van der Waals surface area contributed by atoms with Crippen LogP contribution >= 0.6 is 27.5 Å². The lowest BCUT2D eigenvalue weighted by Gasteiger charge is -2.17. The number of nitrogens with zero attached hydrogens (tertiary/aromatic N) is 1. The first-order valence-corrected chi connectivity index (χ1v) is 8.45. The van der Waals surface area contributed by atoms with Gasteiger partial charge in [-0.3, -0.25) is 0 Å². The summed E-state index contributed by atoms with van der Waals surface area (Å²) in [4.78, 5) is -0.0428.